The van der Waals surface area contributed by atoms with Crippen LogP contribution in [0.25, 0.3) is 0 Å². The van der Waals surface area contributed by atoms with E-state index in [0.29, 0.717) is 22.7 Å². The first-order valence-electron chi connectivity index (χ1n) is 9.47. The highest BCUT2D eigenvalue weighted by molar-refractivity contribution is 8.00. The average Bonchev–Trinajstić information content (AvgIpc) is 3.10. The number of hydrogen-bond acceptors (Lipinski definition) is 3. The van der Waals surface area contributed by atoms with Crippen molar-refractivity contribution in [1.82, 2.24) is 0 Å². The number of fused-ring (bicyclic) bond motifs is 2. The minimum absolute atomic E-state index is 0.278. The summed E-state index contributed by atoms with van der Waals surface area (Å²) >= 11 is 1.92. The fraction of sp³-hybridized carbons (Fsp3) is 1.00. The monoisotopic (exact) mass is 338 g/mol. The van der Waals surface area contributed by atoms with Gasteiger partial charge in [0.05, 0.1) is 11.2 Å². The zero-order valence-corrected chi connectivity index (χ0v) is 16.4. The molecule has 0 spiro atoms. The molecule has 0 amide bonds. The lowest BCUT2D eigenvalue weighted by Crippen LogP contribution is -2.47. The number of aliphatic hydroxyl groups is 2. The van der Waals surface area contributed by atoms with Gasteiger partial charge in [0.1, 0.15) is 0 Å². The zero-order chi connectivity index (χ0) is 17.0. The van der Waals surface area contributed by atoms with Crippen molar-refractivity contribution in [2.24, 2.45) is 34.5 Å². The van der Waals surface area contributed by atoms with Gasteiger partial charge in [0.25, 0.3) is 0 Å². The molecule has 3 heteroatoms. The van der Waals surface area contributed by atoms with Crippen molar-refractivity contribution in [3.8, 4) is 0 Å². The second-order valence-corrected chi connectivity index (χ2v) is 12.2. The van der Waals surface area contributed by atoms with E-state index < -0.39 is 11.2 Å². The highest BCUT2D eigenvalue weighted by atomic mass is 32.2. The van der Waals surface area contributed by atoms with Crippen molar-refractivity contribution in [2.75, 3.05) is 0 Å². The normalized spacial score (nSPS) is 59.0. The Kier molecular flexibility index (Phi) is 3.28. The maximum Gasteiger partial charge on any atom is 0.0741 e. The van der Waals surface area contributed by atoms with Gasteiger partial charge >= 0.3 is 0 Å². The summed E-state index contributed by atoms with van der Waals surface area (Å²) in [5.74, 6) is 2.96. The topological polar surface area (TPSA) is 40.5 Å². The van der Waals surface area contributed by atoms with Crippen LogP contribution in [-0.2, 0) is 0 Å². The SMILES string of the molecule is CC1(C)[C@@H]2C[C@@H](S[C@H]3C[C@H]4[C@@H](C[C@]3(C)O)C4(C)C)[C@@](C)(O)C[C@H]21. The molecule has 0 aliphatic heterocycles. The molecule has 4 aliphatic rings. The number of rotatable bonds is 2. The first-order valence-corrected chi connectivity index (χ1v) is 10.4. The molecular formula is C20H34O2S. The van der Waals surface area contributed by atoms with Crippen LogP contribution in [-0.4, -0.2) is 31.9 Å². The van der Waals surface area contributed by atoms with Gasteiger partial charge in [-0.3, -0.25) is 0 Å². The van der Waals surface area contributed by atoms with Gasteiger partial charge in [-0.1, -0.05) is 27.7 Å². The minimum atomic E-state index is -0.578. The lowest BCUT2D eigenvalue weighted by atomic mass is 9.85. The van der Waals surface area contributed by atoms with Crippen LogP contribution in [0.2, 0.25) is 0 Å². The van der Waals surface area contributed by atoms with Crippen LogP contribution in [0.1, 0.15) is 67.2 Å². The molecule has 0 aromatic carbocycles. The molecule has 23 heavy (non-hydrogen) atoms. The first-order chi connectivity index (χ1) is 10.4. The molecule has 0 unspecified atom stereocenters. The molecule has 0 bridgehead atoms. The van der Waals surface area contributed by atoms with Crippen LogP contribution in [0.3, 0.4) is 0 Å². The van der Waals surface area contributed by atoms with Crippen LogP contribution < -0.4 is 0 Å². The van der Waals surface area contributed by atoms with E-state index in [4.69, 9.17) is 0 Å². The third kappa shape index (κ3) is 2.36. The average molecular weight is 339 g/mol. The van der Waals surface area contributed by atoms with Gasteiger partial charge in [-0.25, -0.2) is 0 Å². The molecule has 2 nitrogen and oxygen atoms in total. The summed E-state index contributed by atoms with van der Waals surface area (Å²) in [5, 5.41) is 22.6. The molecule has 0 aromatic rings. The molecule has 0 heterocycles. The Morgan fingerprint density at radius 3 is 1.35 bits per heavy atom. The molecule has 4 rings (SSSR count). The predicted molar refractivity (Wildman–Crippen MR) is 96.4 cm³/mol. The maximum atomic E-state index is 11.0. The smallest absolute Gasteiger partial charge is 0.0741 e. The Bertz CT molecular complexity index is 476. The van der Waals surface area contributed by atoms with Gasteiger partial charge in [0.2, 0.25) is 0 Å². The van der Waals surface area contributed by atoms with Crippen molar-refractivity contribution >= 4 is 11.8 Å². The summed E-state index contributed by atoms with van der Waals surface area (Å²) < 4.78 is 0. The largest absolute Gasteiger partial charge is 0.389 e. The van der Waals surface area contributed by atoms with E-state index in [-0.39, 0.29) is 10.5 Å². The van der Waals surface area contributed by atoms with Crippen molar-refractivity contribution in [1.29, 1.82) is 0 Å². The fourth-order valence-electron chi connectivity index (χ4n) is 6.19. The number of thioether (sulfide) groups is 1. The highest BCUT2D eigenvalue weighted by Crippen LogP contribution is 2.70. The van der Waals surface area contributed by atoms with Gasteiger partial charge < -0.3 is 10.2 Å². The summed E-state index contributed by atoms with van der Waals surface area (Å²) in [5.41, 5.74) is -0.326. The van der Waals surface area contributed by atoms with Gasteiger partial charge in [-0.2, -0.15) is 0 Å². The predicted octanol–water partition coefficient (Wildman–Crippen LogP) is 4.09. The van der Waals surface area contributed by atoms with Gasteiger partial charge in [-0.05, 0) is 74.0 Å². The van der Waals surface area contributed by atoms with E-state index in [0.717, 1.165) is 37.5 Å². The lowest BCUT2D eigenvalue weighted by molar-refractivity contribution is 0.0154. The van der Waals surface area contributed by atoms with Gasteiger partial charge in [0, 0.05) is 10.5 Å². The Morgan fingerprint density at radius 2 is 1.00 bits per heavy atom. The molecule has 0 saturated heterocycles. The van der Waals surface area contributed by atoms with Crippen molar-refractivity contribution < 1.29 is 10.2 Å². The van der Waals surface area contributed by atoms with E-state index in [1.807, 2.05) is 25.6 Å². The molecule has 0 radical (unpaired) electrons. The summed E-state index contributed by atoms with van der Waals surface area (Å²) in [6.45, 7) is 13.5. The molecule has 4 fully saturated rings. The minimum Gasteiger partial charge on any atom is -0.389 e. The second kappa shape index (κ2) is 4.51. The third-order valence-corrected chi connectivity index (χ3v) is 10.6. The fourth-order valence-corrected chi connectivity index (χ4v) is 8.00. The standard InChI is InChI=1S/C20H34O2S/c1-17(2)11-7-15(19(5,21)9-13(11)17)23-16-8-12-14(18(12,3)4)10-20(16,6)22/h11-16,21-22H,7-10H2,1-6H3/t11-,12+,13-,14-,15-,16+,19+,20+/m1/s1. The van der Waals surface area contributed by atoms with E-state index >= 15 is 0 Å². The first kappa shape index (κ1) is 16.7. The molecule has 4 saturated carbocycles. The maximum absolute atomic E-state index is 11.0. The van der Waals surface area contributed by atoms with Gasteiger partial charge in [0.15, 0.2) is 0 Å². The van der Waals surface area contributed by atoms with E-state index in [1.54, 1.807) is 0 Å². The third-order valence-electron chi connectivity index (χ3n) is 8.49. The number of hydrogen-bond donors (Lipinski definition) is 2. The molecule has 8 atom stereocenters. The quantitative estimate of drug-likeness (QED) is 0.797. The zero-order valence-electron chi connectivity index (χ0n) is 15.6. The second-order valence-electron chi connectivity index (χ2n) is 10.8. The Labute approximate surface area is 145 Å². The summed E-state index contributed by atoms with van der Waals surface area (Å²) in [6, 6.07) is 0. The molecule has 132 valence electrons. The molecule has 0 aromatic heterocycles. The van der Waals surface area contributed by atoms with Crippen LogP contribution >= 0.6 is 11.8 Å². The summed E-state index contributed by atoms with van der Waals surface area (Å²) in [4.78, 5) is 0. The Morgan fingerprint density at radius 1 is 0.652 bits per heavy atom. The molecular weight excluding hydrogens is 304 g/mol. The van der Waals surface area contributed by atoms with Crippen molar-refractivity contribution in [3.63, 3.8) is 0 Å². The molecule has 2 N–H and O–H groups in total. The van der Waals surface area contributed by atoms with E-state index in [2.05, 4.69) is 27.7 Å². The van der Waals surface area contributed by atoms with Crippen LogP contribution in [0.15, 0.2) is 0 Å². The Hall–Kier alpha value is 0.270. The van der Waals surface area contributed by atoms with Crippen molar-refractivity contribution in [3.05, 3.63) is 0 Å². The van der Waals surface area contributed by atoms with Crippen molar-refractivity contribution in [2.45, 2.75) is 88.9 Å². The van der Waals surface area contributed by atoms with Crippen LogP contribution in [0.4, 0.5) is 0 Å². The highest BCUT2D eigenvalue weighted by Gasteiger charge is 2.66. The van der Waals surface area contributed by atoms with E-state index in [1.165, 1.54) is 0 Å². The summed E-state index contributed by atoms with van der Waals surface area (Å²) in [7, 11) is 0. The van der Waals surface area contributed by atoms with Crippen LogP contribution in [0, 0.1) is 34.5 Å². The summed E-state index contributed by atoms with van der Waals surface area (Å²) in [6.07, 6.45) is 4.13. The Balaban J connectivity index is 1.49. The molecule has 4 aliphatic carbocycles. The van der Waals surface area contributed by atoms with E-state index in [9.17, 15) is 10.2 Å². The van der Waals surface area contributed by atoms with Gasteiger partial charge in [-0.15, -0.1) is 11.8 Å². The van der Waals surface area contributed by atoms with Crippen LogP contribution in [0.5, 0.6) is 0 Å². The lowest BCUT2D eigenvalue weighted by Gasteiger charge is -2.43.